The molecule has 0 radical (unpaired) electrons. The molecule has 0 spiro atoms. The number of halogens is 2. The molecular weight excluding hydrogens is 471 g/mol. The van der Waals surface area contributed by atoms with E-state index in [9.17, 15) is 26.0 Å². The first-order chi connectivity index (χ1) is 14.3. The third kappa shape index (κ3) is 5.81. The van der Waals surface area contributed by atoms with E-state index in [0.717, 1.165) is 34.9 Å². The minimum absolute atomic E-state index is 0.0239. The fourth-order valence-electron chi connectivity index (χ4n) is 2.69. The van der Waals surface area contributed by atoms with Gasteiger partial charge in [-0.05, 0) is 36.4 Å². The molecule has 2 aromatic heterocycles. The first-order valence-electron chi connectivity index (χ1n) is 8.46. The van der Waals surface area contributed by atoms with Gasteiger partial charge in [0.05, 0.1) is 41.3 Å². The Bertz CT molecular complexity index is 1370. The lowest BCUT2D eigenvalue weighted by atomic mass is 10.2. The smallest absolute Gasteiger partial charge is 0.257 e. The van der Waals surface area contributed by atoms with Crippen LogP contribution in [0, 0.1) is 5.82 Å². The molecule has 0 atom stereocenters. The van der Waals surface area contributed by atoms with E-state index in [1.165, 1.54) is 30.3 Å². The second kappa shape index (κ2) is 8.29. The van der Waals surface area contributed by atoms with Crippen molar-refractivity contribution in [3.63, 3.8) is 0 Å². The Morgan fingerprint density at radius 1 is 1.06 bits per heavy atom. The van der Waals surface area contributed by atoms with E-state index in [0.29, 0.717) is 0 Å². The van der Waals surface area contributed by atoms with Crippen molar-refractivity contribution in [1.82, 2.24) is 8.96 Å². The average molecular weight is 487 g/mol. The molecule has 0 aliphatic rings. The highest BCUT2D eigenvalue weighted by molar-refractivity contribution is 7.92. The van der Waals surface area contributed by atoms with Crippen molar-refractivity contribution in [2.45, 2.75) is 0 Å². The highest BCUT2D eigenvalue weighted by Crippen LogP contribution is 2.26. The van der Waals surface area contributed by atoms with E-state index in [2.05, 4.69) is 15.0 Å². The molecule has 1 aromatic carbocycles. The molecule has 164 valence electrons. The van der Waals surface area contributed by atoms with Gasteiger partial charge < -0.3 is 5.32 Å². The minimum Gasteiger partial charge on any atom is -0.322 e. The Morgan fingerprint density at radius 2 is 1.74 bits per heavy atom. The van der Waals surface area contributed by atoms with Crippen LogP contribution in [0.2, 0.25) is 5.02 Å². The average Bonchev–Trinajstić information content (AvgIpc) is 3.06. The fourth-order valence-corrected chi connectivity index (χ4v) is 4.28. The zero-order valence-electron chi connectivity index (χ0n) is 16.1. The highest BCUT2D eigenvalue weighted by Gasteiger charge is 2.20. The maximum absolute atomic E-state index is 13.2. The van der Waals surface area contributed by atoms with Crippen LogP contribution in [0.5, 0.6) is 0 Å². The summed E-state index contributed by atoms with van der Waals surface area (Å²) >= 11 is 5.98. The molecular formula is C18H16ClFN4O5S2. The van der Waals surface area contributed by atoms with E-state index in [1.807, 2.05) is 0 Å². The summed E-state index contributed by atoms with van der Waals surface area (Å²) in [6.07, 6.45) is 3.94. The van der Waals surface area contributed by atoms with Gasteiger partial charge in [0, 0.05) is 16.9 Å². The third-order valence-electron chi connectivity index (χ3n) is 3.85. The SMILES string of the molecule is CS(=O)(=O)Nc1cc(Cl)cc(NC(=O)c2cc(-c3ccc(F)cn3)n(S(C)(=O)=O)c2)c1. The summed E-state index contributed by atoms with van der Waals surface area (Å²) in [6, 6.07) is 7.79. The lowest BCUT2D eigenvalue weighted by Crippen LogP contribution is -2.13. The van der Waals surface area contributed by atoms with Crippen LogP contribution in [0.1, 0.15) is 10.4 Å². The Balaban J connectivity index is 1.97. The number of amides is 1. The van der Waals surface area contributed by atoms with Crippen LogP contribution >= 0.6 is 11.6 Å². The summed E-state index contributed by atoms with van der Waals surface area (Å²) in [5, 5.41) is 2.69. The van der Waals surface area contributed by atoms with E-state index < -0.39 is 31.8 Å². The van der Waals surface area contributed by atoms with Gasteiger partial charge in [-0.3, -0.25) is 14.5 Å². The normalized spacial score (nSPS) is 11.9. The number of sulfonamides is 1. The van der Waals surface area contributed by atoms with Crippen LogP contribution in [-0.2, 0) is 20.0 Å². The van der Waals surface area contributed by atoms with E-state index in [1.54, 1.807) is 0 Å². The predicted molar refractivity (Wildman–Crippen MR) is 116 cm³/mol. The van der Waals surface area contributed by atoms with Gasteiger partial charge in [-0.2, -0.15) is 0 Å². The molecule has 0 saturated carbocycles. The molecule has 0 aliphatic carbocycles. The summed E-state index contributed by atoms with van der Waals surface area (Å²) in [6.45, 7) is 0. The molecule has 3 aromatic rings. The number of carbonyl (C=O) groups excluding carboxylic acids is 1. The van der Waals surface area contributed by atoms with Gasteiger partial charge in [-0.25, -0.2) is 25.2 Å². The fraction of sp³-hybridized carbons (Fsp3) is 0.111. The molecule has 9 nitrogen and oxygen atoms in total. The van der Waals surface area contributed by atoms with Crippen molar-refractivity contribution in [3.05, 3.63) is 65.2 Å². The van der Waals surface area contributed by atoms with Crippen LogP contribution in [0.25, 0.3) is 11.4 Å². The first kappa shape index (κ1) is 22.7. The second-order valence-electron chi connectivity index (χ2n) is 6.59. The number of nitrogens with zero attached hydrogens (tertiary/aromatic N) is 2. The van der Waals surface area contributed by atoms with Gasteiger partial charge in [0.15, 0.2) is 0 Å². The molecule has 0 bridgehead atoms. The Labute approximate surface area is 183 Å². The number of hydrogen-bond donors (Lipinski definition) is 2. The molecule has 2 heterocycles. The van der Waals surface area contributed by atoms with Crippen molar-refractivity contribution in [1.29, 1.82) is 0 Å². The zero-order chi connectivity index (χ0) is 23.0. The molecule has 0 unspecified atom stereocenters. The maximum atomic E-state index is 13.2. The standard InChI is InChI=1S/C18H16ClFN4O5S2/c1-30(26,27)23-15-7-12(19)6-14(8-15)22-18(25)11-5-17(24(10-11)31(2,28)29)16-4-3-13(20)9-21-16/h3-10,23H,1-2H3,(H,22,25). The maximum Gasteiger partial charge on any atom is 0.257 e. The molecule has 2 N–H and O–H groups in total. The number of pyridine rings is 1. The summed E-state index contributed by atoms with van der Waals surface area (Å²) in [4.78, 5) is 16.6. The van der Waals surface area contributed by atoms with Crippen molar-refractivity contribution >= 4 is 48.9 Å². The Morgan fingerprint density at radius 3 is 2.32 bits per heavy atom. The van der Waals surface area contributed by atoms with Gasteiger partial charge in [-0.15, -0.1) is 0 Å². The summed E-state index contributed by atoms with van der Waals surface area (Å²) in [5.41, 5.74) is 0.503. The quantitative estimate of drug-likeness (QED) is 0.551. The minimum atomic E-state index is -3.81. The Hall–Kier alpha value is -2.96. The second-order valence-corrected chi connectivity index (χ2v) is 10.6. The topological polar surface area (TPSA) is 127 Å². The van der Waals surface area contributed by atoms with Crippen LogP contribution < -0.4 is 10.0 Å². The van der Waals surface area contributed by atoms with Gasteiger partial charge >= 0.3 is 0 Å². The van der Waals surface area contributed by atoms with Crippen LogP contribution in [0.4, 0.5) is 15.8 Å². The molecule has 0 aliphatic heterocycles. The molecule has 1 amide bonds. The van der Waals surface area contributed by atoms with Crippen LogP contribution in [0.15, 0.2) is 48.8 Å². The summed E-state index contributed by atoms with van der Waals surface area (Å²) < 4.78 is 63.4. The third-order valence-corrected chi connectivity index (χ3v) is 5.70. The lowest BCUT2D eigenvalue weighted by Gasteiger charge is -2.09. The van der Waals surface area contributed by atoms with Gasteiger partial charge in [0.25, 0.3) is 5.91 Å². The number of carbonyl (C=O) groups is 1. The van der Waals surface area contributed by atoms with Crippen LogP contribution in [-0.4, -0.2) is 44.2 Å². The number of aromatic nitrogens is 2. The van der Waals surface area contributed by atoms with Crippen LogP contribution in [0.3, 0.4) is 0 Å². The number of nitrogens with one attached hydrogen (secondary N) is 2. The monoisotopic (exact) mass is 486 g/mol. The van der Waals surface area contributed by atoms with Crippen molar-refractivity contribution in [2.75, 3.05) is 22.6 Å². The van der Waals surface area contributed by atoms with E-state index >= 15 is 0 Å². The molecule has 13 heteroatoms. The molecule has 31 heavy (non-hydrogen) atoms. The summed E-state index contributed by atoms with van der Waals surface area (Å²) in [5.74, 6) is -1.28. The number of rotatable bonds is 6. The Kier molecular flexibility index (Phi) is 6.07. The van der Waals surface area contributed by atoms with Gasteiger partial charge in [0.1, 0.15) is 5.82 Å². The largest absolute Gasteiger partial charge is 0.322 e. The van der Waals surface area contributed by atoms with E-state index in [-0.39, 0.29) is 33.3 Å². The predicted octanol–water partition coefficient (Wildman–Crippen LogP) is 2.77. The molecule has 0 saturated heterocycles. The molecule has 3 rings (SSSR count). The number of hydrogen-bond acceptors (Lipinski definition) is 6. The van der Waals surface area contributed by atoms with Crippen molar-refractivity contribution in [3.8, 4) is 11.4 Å². The van der Waals surface area contributed by atoms with Crippen molar-refractivity contribution in [2.24, 2.45) is 0 Å². The van der Waals surface area contributed by atoms with E-state index in [4.69, 9.17) is 11.6 Å². The zero-order valence-corrected chi connectivity index (χ0v) is 18.5. The van der Waals surface area contributed by atoms with Gasteiger partial charge in [-0.1, -0.05) is 11.6 Å². The highest BCUT2D eigenvalue weighted by atomic mass is 35.5. The number of anilines is 2. The van der Waals surface area contributed by atoms with Crippen molar-refractivity contribution < 1.29 is 26.0 Å². The first-order valence-corrected chi connectivity index (χ1v) is 12.6. The summed E-state index contributed by atoms with van der Waals surface area (Å²) in [7, 11) is -7.37. The van der Waals surface area contributed by atoms with Gasteiger partial charge in [0.2, 0.25) is 20.0 Å². The number of benzene rings is 1. The lowest BCUT2D eigenvalue weighted by molar-refractivity contribution is 0.102. The molecule has 0 fully saturated rings.